The van der Waals surface area contributed by atoms with Gasteiger partial charge in [0.15, 0.2) is 0 Å². The van der Waals surface area contributed by atoms with Crippen LogP contribution in [-0.4, -0.2) is 46.5 Å². The van der Waals surface area contributed by atoms with Crippen molar-refractivity contribution in [3.63, 3.8) is 0 Å². The van der Waals surface area contributed by atoms with Gasteiger partial charge in [-0.1, -0.05) is 0 Å². The van der Waals surface area contributed by atoms with Gasteiger partial charge in [-0.25, -0.2) is 5.10 Å². The van der Waals surface area contributed by atoms with Gasteiger partial charge in [0, 0.05) is 32.6 Å². The maximum absolute atomic E-state index is 12.2. The molecule has 1 saturated heterocycles. The molecule has 0 saturated carbocycles. The van der Waals surface area contributed by atoms with Crippen LogP contribution in [0.3, 0.4) is 0 Å². The Balaban J connectivity index is 1.87. The van der Waals surface area contributed by atoms with Crippen LogP contribution in [0.2, 0.25) is 0 Å². The first-order valence-electron chi connectivity index (χ1n) is 6.65. The molecule has 7 nitrogen and oxygen atoms in total. The van der Waals surface area contributed by atoms with Crippen molar-refractivity contribution in [3.8, 4) is 0 Å². The van der Waals surface area contributed by atoms with Gasteiger partial charge in [-0.15, -0.1) is 0 Å². The summed E-state index contributed by atoms with van der Waals surface area (Å²) in [5.41, 5.74) is -0.0690. The van der Waals surface area contributed by atoms with Crippen molar-refractivity contribution in [1.29, 1.82) is 0 Å². The van der Waals surface area contributed by atoms with E-state index in [-0.39, 0.29) is 23.1 Å². The lowest BCUT2D eigenvalue weighted by Gasteiger charge is -2.31. The normalized spacial score (nSPS) is 15.9. The predicted octanol–water partition coefficient (Wildman–Crippen LogP) is -0.242. The second-order valence-corrected chi connectivity index (χ2v) is 4.98. The molecule has 0 atom stereocenters. The third-order valence-electron chi connectivity index (χ3n) is 3.44. The third-order valence-corrected chi connectivity index (χ3v) is 3.44. The number of carbonyl (C=O) groups is 2. The van der Waals surface area contributed by atoms with E-state index in [0.29, 0.717) is 25.6 Å². The van der Waals surface area contributed by atoms with Crippen molar-refractivity contribution in [2.24, 2.45) is 5.92 Å². The zero-order valence-corrected chi connectivity index (χ0v) is 11.4. The molecular weight excluding hydrogens is 260 g/mol. The molecule has 1 aliphatic heterocycles. The van der Waals surface area contributed by atoms with Crippen LogP contribution in [0.15, 0.2) is 16.9 Å². The predicted molar refractivity (Wildman–Crippen MR) is 72.2 cm³/mol. The van der Waals surface area contributed by atoms with Crippen LogP contribution in [0, 0.1) is 5.92 Å². The quantitative estimate of drug-likeness (QED) is 0.797. The number of amides is 2. The lowest BCUT2D eigenvalue weighted by Crippen LogP contribution is -2.41. The molecule has 2 heterocycles. The summed E-state index contributed by atoms with van der Waals surface area (Å²) >= 11 is 0. The summed E-state index contributed by atoms with van der Waals surface area (Å²) in [6, 6.07) is 2.73. The monoisotopic (exact) mass is 278 g/mol. The fourth-order valence-electron chi connectivity index (χ4n) is 2.25. The molecule has 20 heavy (non-hydrogen) atoms. The molecule has 2 amide bonds. The average Bonchev–Trinajstić information content (AvgIpc) is 2.46. The molecule has 0 aliphatic carbocycles. The minimum atomic E-state index is -0.324. The van der Waals surface area contributed by atoms with Gasteiger partial charge < -0.3 is 10.2 Å². The highest BCUT2D eigenvalue weighted by atomic mass is 16.2. The summed E-state index contributed by atoms with van der Waals surface area (Å²) in [5, 5.41) is 8.81. The first-order chi connectivity index (χ1) is 9.56. The Bertz CT molecular complexity index is 526. The van der Waals surface area contributed by atoms with Crippen LogP contribution in [0.25, 0.3) is 0 Å². The van der Waals surface area contributed by atoms with E-state index in [1.807, 2.05) is 0 Å². The lowest BCUT2D eigenvalue weighted by molar-refractivity contribution is -0.119. The molecule has 1 fully saturated rings. The van der Waals surface area contributed by atoms with Gasteiger partial charge >= 0.3 is 0 Å². The van der Waals surface area contributed by atoms with Gasteiger partial charge in [-0.2, -0.15) is 5.10 Å². The topological polar surface area (TPSA) is 95.2 Å². The zero-order valence-electron chi connectivity index (χ0n) is 11.4. The summed E-state index contributed by atoms with van der Waals surface area (Å²) in [6.07, 6.45) is 1.71. The van der Waals surface area contributed by atoms with E-state index >= 15 is 0 Å². The molecule has 0 bridgehead atoms. The highest BCUT2D eigenvalue weighted by molar-refractivity contribution is 5.92. The Kier molecular flexibility index (Phi) is 4.49. The third kappa shape index (κ3) is 3.66. The number of hydrogen-bond acceptors (Lipinski definition) is 4. The van der Waals surface area contributed by atoms with E-state index in [1.165, 1.54) is 19.1 Å². The largest absolute Gasteiger partial charge is 0.356 e. The second kappa shape index (κ2) is 6.31. The van der Waals surface area contributed by atoms with Crippen molar-refractivity contribution < 1.29 is 9.59 Å². The van der Waals surface area contributed by atoms with Crippen molar-refractivity contribution in [2.75, 3.05) is 19.6 Å². The van der Waals surface area contributed by atoms with Crippen LogP contribution >= 0.6 is 0 Å². The van der Waals surface area contributed by atoms with Gasteiger partial charge in [-0.3, -0.25) is 14.4 Å². The lowest BCUT2D eigenvalue weighted by atomic mass is 9.96. The minimum Gasteiger partial charge on any atom is -0.356 e. The van der Waals surface area contributed by atoms with E-state index in [4.69, 9.17) is 0 Å². The number of carbonyl (C=O) groups excluding carboxylic acids is 2. The van der Waals surface area contributed by atoms with E-state index in [1.54, 1.807) is 4.90 Å². The Morgan fingerprint density at radius 3 is 2.65 bits per heavy atom. The van der Waals surface area contributed by atoms with Crippen LogP contribution in [0.1, 0.15) is 30.3 Å². The minimum absolute atomic E-state index is 0.0269. The zero-order chi connectivity index (χ0) is 14.5. The summed E-state index contributed by atoms with van der Waals surface area (Å²) < 4.78 is 0. The number of hydrogen-bond donors (Lipinski definition) is 2. The number of aromatic nitrogens is 2. The number of piperidine rings is 1. The van der Waals surface area contributed by atoms with Gasteiger partial charge in [0.2, 0.25) is 5.91 Å². The SMILES string of the molecule is CC(=O)NCC1CCN(C(=O)c2ccc(=O)[nH]n2)CC1. The summed E-state index contributed by atoms with van der Waals surface area (Å²) in [6.45, 7) is 3.45. The molecule has 0 unspecified atom stereocenters. The Morgan fingerprint density at radius 2 is 2.10 bits per heavy atom. The molecular formula is C13H18N4O3. The second-order valence-electron chi connectivity index (χ2n) is 4.98. The first-order valence-corrected chi connectivity index (χ1v) is 6.65. The highest BCUT2D eigenvalue weighted by Gasteiger charge is 2.24. The molecule has 108 valence electrons. The number of aromatic amines is 1. The van der Waals surface area contributed by atoms with E-state index in [0.717, 1.165) is 12.8 Å². The van der Waals surface area contributed by atoms with Gasteiger partial charge in [-0.05, 0) is 24.8 Å². The molecule has 0 radical (unpaired) electrons. The molecule has 1 aromatic rings. The summed E-state index contributed by atoms with van der Waals surface area (Å²) in [7, 11) is 0. The van der Waals surface area contributed by atoms with Crippen LogP contribution in [0.4, 0.5) is 0 Å². The fraction of sp³-hybridized carbons (Fsp3) is 0.538. The Morgan fingerprint density at radius 1 is 1.40 bits per heavy atom. The number of nitrogens with one attached hydrogen (secondary N) is 2. The standard InChI is InChI=1S/C13H18N4O3/c1-9(18)14-8-10-4-6-17(7-5-10)13(20)11-2-3-12(19)16-15-11/h2-3,10H,4-8H2,1H3,(H,14,18)(H,16,19). The molecule has 0 spiro atoms. The smallest absolute Gasteiger partial charge is 0.274 e. The van der Waals surface area contributed by atoms with Crippen molar-refractivity contribution in [3.05, 3.63) is 28.2 Å². The van der Waals surface area contributed by atoms with Gasteiger partial charge in [0.1, 0.15) is 5.69 Å². The van der Waals surface area contributed by atoms with Crippen LogP contribution in [0.5, 0.6) is 0 Å². The van der Waals surface area contributed by atoms with Crippen LogP contribution < -0.4 is 10.9 Å². The number of rotatable bonds is 3. The maximum atomic E-state index is 12.2. The number of nitrogens with zero attached hydrogens (tertiary/aromatic N) is 2. The summed E-state index contributed by atoms with van der Waals surface area (Å²) in [4.78, 5) is 35.7. The van der Waals surface area contributed by atoms with Gasteiger partial charge in [0.25, 0.3) is 11.5 Å². The number of H-pyrrole nitrogens is 1. The maximum Gasteiger partial charge on any atom is 0.274 e. The molecule has 1 aliphatic rings. The fourth-order valence-corrected chi connectivity index (χ4v) is 2.25. The van der Waals surface area contributed by atoms with Crippen LogP contribution in [-0.2, 0) is 4.79 Å². The first kappa shape index (κ1) is 14.2. The van der Waals surface area contributed by atoms with Gasteiger partial charge in [0.05, 0.1) is 0 Å². The molecule has 2 N–H and O–H groups in total. The summed E-state index contributed by atoms with van der Waals surface area (Å²) in [5.74, 6) is 0.215. The number of likely N-dealkylation sites (tertiary alicyclic amines) is 1. The molecule has 7 heteroatoms. The van der Waals surface area contributed by atoms with Crippen molar-refractivity contribution in [2.45, 2.75) is 19.8 Å². The molecule has 1 aromatic heterocycles. The molecule has 2 rings (SSSR count). The van der Waals surface area contributed by atoms with E-state index in [2.05, 4.69) is 15.5 Å². The highest BCUT2D eigenvalue weighted by Crippen LogP contribution is 2.17. The average molecular weight is 278 g/mol. The van der Waals surface area contributed by atoms with Crippen molar-refractivity contribution in [1.82, 2.24) is 20.4 Å². The Hall–Kier alpha value is -2.18. The molecule has 0 aromatic carbocycles. The Labute approximate surface area is 116 Å². The van der Waals surface area contributed by atoms with E-state index < -0.39 is 0 Å². The van der Waals surface area contributed by atoms with Crippen molar-refractivity contribution >= 4 is 11.8 Å². The van der Waals surface area contributed by atoms with E-state index in [9.17, 15) is 14.4 Å².